The normalized spacial score (nSPS) is 14.5. The first kappa shape index (κ1) is 19.5. The molecule has 1 aliphatic rings. The van der Waals surface area contributed by atoms with Gasteiger partial charge in [0.15, 0.2) is 5.76 Å². The zero-order chi connectivity index (χ0) is 20.1. The highest BCUT2D eigenvalue weighted by Gasteiger charge is 2.25. The number of hydrogen-bond acceptors (Lipinski definition) is 5. The molecule has 2 amide bonds. The second-order valence-corrected chi connectivity index (χ2v) is 6.62. The summed E-state index contributed by atoms with van der Waals surface area (Å²) in [6, 6.07) is 8.54. The van der Waals surface area contributed by atoms with Crippen molar-refractivity contribution in [2.24, 2.45) is 0 Å². The molecule has 0 unspecified atom stereocenters. The number of amides is 2. The molecule has 148 valence electrons. The maximum Gasteiger partial charge on any atom is 0.338 e. The van der Waals surface area contributed by atoms with Crippen molar-refractivity contribution in [1.82, 2.24) is 10.2 Å². The van der Waals surface area contributed by atoms with Crippen molar-refractivity contribution in [3.05, 3.63) is 53.5 Å². The minimum atomic E-state index is -1.15. The van der Waals surface area contributed by atoms with Crippen LogP contribution in [-0.4, -0.2) is 54.0 Å². The van der Waals surface area contributed by atoms with E-state index < -0.39 is 11.9 Å². The Balaban J connectivity index is 1.50. The lowest BCUT2D eigenvalue weighted by atomic mass is 10.0. The number of furan rings is 1. The lowest BCUT2D eigenvalue weighted by Crippen LogP contribution is -2.46. The number of carboxylic acid groups (broad SMARTS) is 1. The summed E-state index contributed by atoms with van der Waals surface area (Å²) in [6.07, 6.45) is 2.55. The number of nitrogens with one attached hydrogen (secondary N) is 1. The summed E-state index contributed by atoms with van der Waals surface area (Å²) in [5, 5.41) is 11.7. The first-order valence-corrected chi connectivity index (χ1v) is 9.00. The van der Waals surface area contributed by atoms with Crippen molar-refractivity contribution in [2.75, 3.05) is 20.2 Å². The van der Waals surface area contributed by atoms with Crippen LogP contribution < -0.4 is 10.1 Å². The number of benzene rings is 1. The van der Waals surface area contributed by atoms with Crippen molar-refractivity contribution in [3.63, 3.8) is 0 Å². The van der Waals surface area contributed by atoms with Crippen LogP contribution in [0.1, 0.15) is 39.3 Å². The lowest BCUT2D eigenvalue weighted by molar-refractivity contribution is -0.131. The van der Waals surface area contributed by atoms with Crippen LogP contribution in [0.5, 0.6) is 5.75 Å². The van der Waals surface area contributed by atoms with Gasteiger partial charge in [0.05, 0.1) is 19.1 Å². The monoisotopic (exact) mass is 386 g/mol. The molecular formula is C20H22N2O6. The molecule has 0 radical (unpaired) electrons. The molecule has 1 aromatic carbocycles. The molecule has 1 aromatic heterocycles. The molecule has 2 N–H and O–H groups in total. The van der Waals surface area contributed by atoms with E-state index in [0.29, 0.717) is 31.7 Å². The maximum atomic E-state index is 12.6. The van der Waals surface area contributed by atoms with Crippen LogP contribution in [0.3, 0.4) is 0 Å². The number of ether oxygens (including phenoxy) is 1. The highest BCUT2D eigenvalue weighted by molar-refractivity contribution is 5.95. The fourth-order valence-corrected chi connectivity index (χ4v) is 3.22. The first-order chi connectivity index (χ1) is 13.5. The van der Waals surface area contributed by atoms with Gasteiger partial charge in [-0.1, -0.05) is 18.2 Å². The van der Waals surface area contributed by atoms with E-state index in [1.807, 2.05) is 24.3 Å². The smallest absolute Gasteiger partial charge is 0.338 e. The van der Waals surface area contributed by atoms with Crippen LogP contribution in [0, 0.1) is 0 Å². The van der Waals surface area contributed by atoms with Crippen LogP contribution in [0.15, 0.2) is 41.0 Å². The zero-order valence-electron chi connectivity index (χ0n) is 15.5. The summed E-state index contributed by atoms with van der Waals surface area (Å²) in [4.78, 5) is 37.4. The summed E-state index contributed by atoms with van der Waals surface area (Å²) in [6.45, 7) is 1.08. The minimum absolute atomic E-state index is 0.0198. The summed E-state index contributed by atoms with van der Waals surface area (Å²) >= 11 is 0. The van der Waals surface area contributed by atoms with Crippen LogP contribution in [0.4, 0.5) is 0 Å². The molecule has 0 saturated carbocycles. The van der Waals surface area contributed by atoms with E-state index >= 15 is 0 Å². The van der Waals surface area contributed by atoms with Crippen molar-refractivity contribution in [3.8, 4) is 5.75 Å². The molecule has 28 heavy (non-hydrogen) atoms. The standard InChI is InChI=1S/C20H22N2O6/c1-27-16-5-3-2-4-13(16)11-18(23)22-8-6-15(7-9-22)21-19(24)17-10-14(12-28-17)20(25)26/h2-5,10,12,15H,6-9,11H2,1H3,(H,21,24)(H,25,26). The van der Waals surface area contributed by atoms with E-state index in [2.05, 4.69) is 5.32 Å². The van der Waals surface area contributed by atoms with Crippen LogP contribution in [-0.2, 0) is 11.2 Å². The molecule has 1 fully saturated rings. The lowest BCUT2D eigenvalue weighted by Gasteiger charge is -2.32. The summed E-state index contributed by atoms with van der Waals surface area (Å²) < 4.78 is 10.3. The second kappa shape index (κ2) is 8.60. The van der Waals surface area contributed by atoms with E-state index in [9.17, 15) is 14.4 Å². The molecule has 0 bridgehead atoms. The molecule has 2 aromatic rings. The number of nitrogens with zero attached hydrogens (tertiary/aromatic N) is 1. The Morgan fingerprint density at radius 3 is 2.61 bits per heavy atom. The predicted molar refractivity (Wildman–Crippen MR) is 99.4 cm³/mol. The summed E-state index contributed by atoms with van der Waals surface area (Å²) in [7, 11) is 1.58. The third-order valence-electron chi connectivity index (χ3n) is 4.79. The van der Waals surface area contributed by atoms with Crippen molar-refractivity contribution < 1.29 is 28.6 Å². The minimum Gasteiger partial charge on any atom is -0.496 e. The van der Waals surface area contributed by atoms with Gasteiger partial charge in [-0.3, -0.25) is 9.59 Å². The van der Waals surface area contributed by atoms with E-state index in [0.717, 1.165) is 11.8 Å². The number of likely N-dealkylation sites (tertiary alicyclic amines) is 1. The Hall–Kier alpha value is -3.29. The number of hydrogen-bond donors (Lipinski definition) is 2. The first-order valence-electron chi connectivity index (χ1n) is 9.00. The number of aromatic carboxylic acids is 1. The van der Waals surface area contributed by atoms with Crippen molar-refractivity contribution >= 4 is 17.8 Å². The molecule has 0 atom stereocenters. The number of carbonyl (C=O) groups excluding carboxylic acids is 2. The van der Waals surface area contributed by atoms with E-state index in [-0.39, 0.29) is 29.7 Å². The van der Waals surface area contributed by atoms with Crippen molar-refractivity contribution in [1.29, 1.82) is 0 Å². The number of rotatable bonds is 6. The Morgan fingerprint density at radius 2 is 1.96 bits per heavy atom. The molecule has 0 aliphatic carbocycles. The molecule has 8 nitrogen and oxygen atoms in total. The number of carboxylic acids is 1. The number of piperidine rings is 1. The molecule has 8 heteroatoms. The number of carbonyl (C=O) groups is 3. The van der Waals surface area contributed by atoms with Gasteiger partial charge in [-0.05, 0) is 18.9 Å². The maximum absolute atomic E-state index is 12.6. The van der Waals surface area contributed by atoms with Gasteiger partial charge in [0, 0.05) is 30.8 Å². The third-order valence-corrected chi connectivity index (χ3v) is 4.79. The van der Waals surface area contributed by atoms with Gasteiger partial charge < -0.3 is 24.5 Å². The van der Waals surface area contributed by atoms with Crippen molar-refractivity contribution in [2.45, 2.75) is 25.3 Å². The number of methoxy groups -OCH3 is 1. The Morgan fingerprint density at radius 1 is 1.25 bits per heavy atom. The Labute approximate surface area is 162 Å². The van der Waals surface area contributed by atoms with Crippen LogP contribution >= 0.6 is 0 Å². The van der Waals surface area contributed by atoms with Gasteiger partial charge in [-0.2, -0.15) is 0 Å². The second-order valence-electron chi connectivity index (χ2n) is 6.62. The molecule has 3 rings (SSSR count). The van der Waals surface area contributed by atoms with Gasteiger partial charge in [-0.25, -0.2) is 4.79 Å². The fourth-order valence-electron chi connectivity index (χ4n) is 3.22. The molecular weight excluding hydrogens is 364 g/mol. The molecule has 2 heterocycles. The average Bonchev–Trinajstić information content (AvgIpc) is 3.20. The highest BCUT2D eigenvalue weighted by Crippen LogP contribution is 2.20. The van der Waals surface area contributed by atoms with Crippen LogP contribution in [0.2, 0.25) is 0 Å². The Bertz CT molecular complexity index is 867. The van der Waals surface area contributed by atoms with E-state index in [4.69, 9.17) is 14.3 Å². The van der Waals surface area contributed by atoms with Gasteiger partial charge in [-0.15, -0.1) is 0 Å². The Kier molecular flexibility index (Phi) is 5.98. The van der Waals surface area contributed by atoms with Gasteiger partial charge in [0.2, 0.25) is 5.91 Å². The molecule has 1 aliphatic heterocycles. The van der Waals surface area contributed by atoms with Gasteiger partial charge in [0.1, 0.15) is 12.0 Å². The average molecular weight is 386 g/mol. The largest absolute Gasteiger partial charge is 0.496 e. The third kappa shape index (κ3) is 4.51. The highest BCUT2D eigenvalue weighted by atomic mass is 16.5. The van der Waals surface area contributed by atoms with E-state index in [1.54, 1.807) is 12.0 Å². The van der Waals surface area contributed by atoms with Gasteiger partial charge >= 0.3 is 5.97 Å². The summed E-state index contributed by atoms with van der Waals surface area (Å²) in [5.74, 6) is -0.924. The molecule has 0 spiro atoms. The fraction of sp³-hybridized carbons (Fsp3) is 0.350. The van der Waals surface area contributed by atoms with Gasteiger partial charge in [0.25, 0.3) is 5.91 Å². The SMILES string of the molecule is COc1ccccc1CC(=O)N1CCC(NC(=O)c2cc(C(=O)O)co2)CC1. The quantitative estimate of drug-likeness (QED) is 0.785. The topological polar surface area (TPSA) is 109 Å². The summed E-state index contributed by atoms with van der Waals surface area (Å²) in [5.41, 5.74) is 0.777. The predicted octanol–water partition coefficient (Wildman–Crippen LogP) is 1.95. The van der Waals surface area contributed by atoms with E-state index in [1.165, 1.54) is 6.07 Å². The molecule has 1 saturated heterocycles. The zero-order valence-corrected chi connectivity index (χ0v) is 15.5. The van der Waals surface area contributed by atoms with Crippen LogP contribution in [0.25, 0.3) is 0 Å². The number of para-hydroxylation sites is 1.